The maximum atomic E-state index is 13.8. The molecule has 178 valence electrons. The molecule has 0 aliphatic carbocycles. The lowest BCUT2D eigenvalue weighted by molar-refractivity contribution is 0.606. The van der Waals surface area contributed by atoms with Gasteiger partial charge in [0.1, 0.15) is 17.0 Å². The second-order valence-electron chi connectivity index (χ2n) is 8.23. The number of hydrogen-bond acceptors (Lipinski definition) is 7. The third-order valence-corrected chi connectivity index (χ3v) is 6.18. The van der Waals surface area contributed by atoms with Gasteiger partial charge in [0.15, 0.2) is 5.82 Å². The van der Waals surface area contributed by atoms with Gasteiger partial charge in [-0.05, 0) is 29.8 Å². The Kier molecular flexibility index (Phi) is 4.97. The molecule has 0 atom stereocenters. The second kappa shape index (κ2) is 8.20. The van der Waals surface area contributed by atoms with Crippen molar-refractivity contribution in [1.82, 2.24) is 35.1 Å². The standard InChI is InChI=1S/C24H17FN8O2S/c1-36(34,35)33-17-5-14(7-27-10-17)13-2-3-20-18(6-13)23(32-31-20)24-29-21-12-28-11-19(22(21)30-24)15-4-16(25)9-26-8-15/h2-12,33H,1H3,(H,29,30)(H,31,32). The van der Waals surface area contributed by atoms with Crippen LogP contribution in [0.15, 0.2) is 67.5 Å². The monoisotopic (exact) mass is 500 g/mol. The molecule has 5 aromatic heterocycles. The minimum absolute atomic E-state index is 0.367. The largest absolute Gasteiger partial charge is 0.335 e. The van der Waals surface area contributed by atoms with Crippen LogP contribution in [0.25, 0.3) is 55.7 Å². The van der Waals surface area contributed by atoms with Crippen molar-refractivity contribution < 1.29 is 12.8 Å². The van der Waals surface area contributed by atoms with Crippen LogP contribution in [0, 0.1) is 5.82 Å². The van der Waals surface area contributed by atoms with Crippen molar-refractivity contribution in [2.75, 3.05) is 11.0 Å². The average Bonchev–Trinajstić information content (AvgIpc) is 3.46. The van der Waals surface area contributed by atoms with Crippen LogP contribution in [0.5, 0.6) is 0 Å². The number of halogens is 1. The van der Waals surface area contributed by atoms with Gasteiger partial charge in [-0.3, -0.25) is 24.8 Å². The number of sulfonamides is 1. The van der Waals surface area contributed by atoms with Crippen molar-refractivity contribution >= 4 is 37.6 Å². The first-order chi connectivity index (χ1) is 17.3. The lowest BCUT2D eigenvalue weighted by Crippen LogP contribution is -2.09. The van der Waals surface area contributed by atoms with Crippen LogP contribution in [0.2, 0.25) is 0 Å². The highest BCUT2D eigenvalue weighted by atomic mass is 32.2. The number of hydrogen-bond donors (Lipinski definition) is 3. The van der Waals surface area contributed by atoms with Gasteiger partial charge in [-0.1, -0.05) is 6.07 Å². The first-order valence-electron chi connectivity index (χ1n) is 10.7. The van der Waals surface area contributed by atoms with E-state index in [4.69, 9.17) is 4.98 Å². The Labute approximate surface area is 203 Å². The Bertz CT molecular complexity index is 1880. The van der Waals surface area contributed by atoms with E-state index in [1.165, 1.54) is 12.3 Å². The first-order valence-corrected chi connectivity index (χ1v) is 12.6. The third-order valence-electron chi connectivity index (χ3n) is 5.57. The number of nitrogens with one attached hydrogen (secondary N) is 3. The maximum Gasteiger partial charge on any atom is 0.229 e. The molecule has 3 N–H and O–H groups in total. The van der Waals surface area contributed by atoms with Crippen molar-refractivity contribution in [3.05, 3.63) is 73.3 Å². The summed E-state index contributed by atoms with van der Waals surface area (Å²) in [5.41, 5.74) is 5.79. The Morgan fingerprint density at radius 3 is 2.50 bits per heavy atom. The highest BCUT2D eigenvalue weighted by Gasteiger charge is 2.17. The molecule has 0 fully saturated rings. The molecule has 0 unspecified atom stereocenters. The molecule has 0 amide bonds. The van der Waals surface area contributed by atoms with E-state index in [2.05, 4.69) is 34.9 Å². The smallest absolute Gasteiger partial charge is 0.229 e. The van der Waals surface area contributed by atoms with E-state index in [1.54, 1.807) is 30.9 Å². The predicted octanol–water partition coefficient (Wildman–Crippen LogP) is 4.14. The van der Waals surface area contributed by atoms with Gasteiger partial charge in [-0.15, -0.1) is 0 Å². The highest BCUT2D eigenvalue weighted by molar-refractivity contribution is 7.92. The Balaban J connectivity index is 1.45. The summed E-state index contributed by atoms with van der Waals surface area (Å²) in [6.45, 7) is 0. The van der Waals surface area contributed by atoms with Gasteiger partial charge in [-0.25, -0.2) is 17.8 Å². The number of nitrogens with zero attached hydrogens (tertiary/aromatic N) is 5. The second-order valence-corrected chi connectivity index (χ2v) is 9.98. The zero-order valence-corrected chi connectivity index (χ0v) is 19.5. The number of pyridine rings is 3. The van der Waals surface area contributed by atoms with Crippen LogP contribution in [0.1, 0.15) is 0 Å². The van der Waals surface area contributed by atoms with Crippen LogP contribution >= 0.6 is 0 Å². The molecule has 36 heavy (non-hydrogen) atoms. The summed E-state index contributed by atoms with van der Waals surface area (Å²) < 4.78 is 39.4. The Morgan fingerprint density at radius 2 is 1.67 bits per heavy atom. The van der Waals surface area contributed by atoms with Crippen molar-refractivity contribution in [3.8, 4) is 33.8 Å². The van der Waals surface area contributed by atoms with Gasteiger partial charge in [-0.2, -0.15) is 5.10 Å². The van der Waals surface area contributed by atoms with Gasteiger partial charge in [0.05, 0.1) is 41.6 Å². The zero-order chi connectivity index (χ0) is 24.9. The molecular weight excluding hydrogens is 483 g/mol. The fourth-order valence-corrected chi connectivity index (χ4v) is 4.60. The highest BCUT2D eigenvalue weighted by Crippen LogP contribution is 2.33. The first kappa shape index (κ1) is 21.8. The number of aromatic nitrogens is 7. The number of fused-ring (bicyclic) bond motifs is 2. The predicted molar refractivity (Wildman–Crippen MR) is 134 cm³/mol. The molecular formula is C24H17FN8O2S. The van der Waals surface area contributed by atoms with E-state index in [-0.39, 0.29) is 0 Å². The zero-order valence-electron chi connectivity index (χ0n) is 18.7. The number of aromatic amines is 2. The summed E-state index contributed by atoms with van der Waals surface area (Å²) in [7, 11) is -3.43. The van der Waals surface area contributed by atoms with Gasteiger partial charge >= 0.3 is 0 Å². The molecule has 12 heteroatoms. The number of anilines is 1. The van der Waals surface area contributed by atoms with E-state index in [0.29, 0.717) is 39.4 Å². The van der Waals surface area contributed by atoms with E-state index in [1.807, 2.05) is 18.2 Å². The Morgan fingerprint density at radius 1 is 0.861 bits per heavy atom. The molecule has 0 radical (unpaired) electrons. The lowest BCUT2D eigenvalue weighted by atomic mass is 10.0. The number of benzene rings is 1. The minimum atomic E-state index is -3.43. The number of H-pyrrole nitrogens is 2. The van der Waals surface area contributed by atoms with Crippen molar-refractivity contribution in [1.29, 1.82) is 0 Å². The van der Waals surface area contributed by atoms with Crippen LogP contribution in [0.4, 0.5) is 10.1 Å². The fraction of sp³-hybridized carbons (Fsp3) is 0.0417. The summed E-state index contributed by atoms with van der Waals surface area (Å²) in [6, 6.07) is 8.79. The van der Waals surface area contributed by atoms with Crippen molar-refractivity contribution in [2.24, 2.45) is 0 Å². The van der Waals surface area contributed by atoms with E-state index in [9.17, 15) is 12.8 Å². The Hall–Kier alpha value is -4.71. The molecule has 6 rings (SSSR count). The minimum Gasteiger partial charge on any atom is -0.335 e. The molecule has 10 nitrogen and oxygen atoms in total. The summed E-state index contributed by atoms with van der Waals surface area (Å²) in [4.78, 5) is 20.3. The lowest BCUT2D eigenvalue weighted by Gasteiger charge is -2.06. The van der Waals surface area contributed by atoms with Gasteiger partial charge in [0.25, 0.3) is 0 Å². The molecule has 6 aromatic rings. The van der Waals surface area contributed by atoms with Crippen LogP contribution in [0.3, 0.4) is 0 Å². The molecule has 0 bridgehead atoms. The summed E-state index contributed by atoms with van der Waals surface area (Å²) in [5, 5.41) is 8.27. The SMILES string of the molecule is CS(=O)(=O)Nc1cncc(-c2ccc3[nH]nc(-c4nc5c(-c6cncc(F)c6)cncc5[nH]4)c3c2)c1. The van der Waals surface area contributed by atoms with Crippen molar-refractivity contribution in [2.45, 2.75) is 0 Å². The maximum absolute atomic E-state index is 13.8. The molecule has 0 aliphatic rings. The molecule has 1 aromatic carbocycles. The summed E-state index contributed by atoms with van der Waals surface area (Å²) in [5.74, 6) is 0.0639. The average molecular weight is 501 g/mol. The summed E-state index contributed by atoms with van der Waals surface area (Å²) >= 11 is 0. The van der Waals surface area contributed by atoms with Crippen LogP contribution < -0.4 is 4.72 Å². The third kappa shape index (κ3) is 4.03. The van der Waals surface area contributed by atoms with E-state index < -0.39 is 15.8 Å². The topological polar surface area (TPSA) is 142 Å². The van der Waals surface area contributed by atoms with Crippen molar-refractivity contribution in [3.63, 3.8) is 0 Å². The number of rotatable bonds is 5. The fourth-order valence-electron chi connectivity index (χ4n) is 4.06. The van der Waals surface area contributed by atoms with E-state index >= 15 is 0 Å². The van der Waals surface area contributed by atoms with E-state index in [0.717, 1.165) is 34.5 Å². The normalized spacial score (nSPS) is 11.8. The number of imidazole rings is 1. The molecule has 0 aliphatic heterocycles. The molecule has 0 saturated carbocycles. The van der Waals surface area contributed by atoms with Crippen LogP contribution in [-0.4, -0.2) is 49.8 Å². The molecule has 0 saturated heterocycles. The quantitative estimate of drug-likeness (QED) is 0.323. The molecule has 0 spiro atoms. The van der Waals surface area contributed by atoms with Gasteiger partial charge < -0.3 is 4.98 Å². The molecule has 5 heterocycles. The van der Waals surface area contributed by atoms with Gasteiger partial charge in [0, 0.05) is 40.7 Å². The summed E-state index contributed by atoms with van der Waals surface area (Å²) in [6.07, 6.45) is 10.2. The van der Waals surface area contributed by atoms with Crippen LogP contribution in [-0.2, 0) is 10.0 Å². The van der Waals surface area contributed by atoms with Gasteiger partial charge in [0.2, 0.25) is 10.0 Å².